The fraction of sp³-hybridized carbons (Fsp3) is 0.118. The van der Waals surface area contributed by atoms with Crippen molar-refractivity contribution in [3.63, 3.8) is 0 Å². The maximum Gasteiger partial charge on any atom is 0.573 e. The van der Waals surface area contributed by atoms with Gasteiger partial charge >= 0.3 is 6.36 Å². The highest BCUT2D eigenvalue weighted by Gasteiger charge is 2.31. The molecule has 0 aliphatic rings. The van der Waals surface area contributed by atoms with E-state index < -0.39 is 12.4 Å². The van der Waals surface area contributed by atoms with Crippen molar-refractivity contribution in [1.82, 2.24) is 4.98 Å². The van der Waals surface area contributed by atoms with E-state index in [1.165, 1.54) is 24.3 Å². The maximum atomic E-state index is 12.2. The summed E-state index contributed by atoms with van der Waals surface area (Å²) in [6.07, 6.45) is -3.04. The minimum absolute atomic E-state index is 0. The van der Waals surface area contributed by atoms with Crippen LogP contribution in [0.15, 0.2) is 60.8 Å². The molecule has 3 nitrogen and oxygen atoms in total. The first-order valence-corrected chi connectivity index (χ1v) is 6.89. The van der Waals surface area contributed by atoms with Gasteiger partial charge in [0.15, 0.2) is 0 Å². The van der Waals surface area contributed by atoms with Crippen LogP contribution in [0.1, 0.15) is 17.2 Å². The summed E-state index contributed by atoms with van der Waals surface area (Å²) in [6, 6.07) is 14.5. The summed E-state index contributed by atoms with van der Waals surface area (Å²) in [7, 11) is 0. The highest BCUT2D eigenvalue weighted by Crippen LogP contribution is 2.28. The number of hydrogen-bond acceptors (Lipinski definition) is 3. The van der Waals surface area contributed by atoms with Crippen LogP contribution >= 0.6 is 12.4 Å². The molecule has 1 heterocycles. The molecule has 1 atom stereocenters. The van der Waals surface area contributed by atoms with E-state index in [0.29, 0.717) is 5.56 Å². The minimum Gasteiger partial charge on any atom is -0.406 e. The molecule has 1 aromatic heterocycles. The molecule has 3 rings (SSSR count). The first kappa shape index (κ1) is 18.0. The minimum atomic E-state index is -4.70. The Morgan fingerprint density at radius 3 is 2.29 bits per heavy atom. The molecule has 0 bridgehead atoms. The Hall–Kier alpha value is -2.31. The Morgan fingerprint density at radius 2 is 1.62 bits per heavy atom. The molecule has 0 aliphatic carbocycles. The zero-order chi connectivity index (χ0) is 16.4. The molecule has 0 aliphatic heterocycles. The molecule has 3 aromatic rings. The monoisotopic (exact) mass is 354 g/mol. The fourth-order valence-corrected chi connectivity index (χ4v) is 2.45. The normalized spacial score (nSPS) is 12.5. The summed E-state index contributed by atoms with van der Waals surface area (Å²) in [5.41, 5.74) is 8.64. The molecule has 0 spiro atoms. The summed E-state index contributed by atoms with van der Waals surface area (Å²) >= 11 is 0. The second kappa shape index (κ2) is 7.07. The van der Waals surface area contributed by atoms with E-state index in [1.807, 2.05) is 30.3 Å². The van der Waals surface area contributed by atoms with Crippen LogP contribution in [0, 0.1) is 0 Å². The molecular formula is C17H14ClF3N2O. The predicted molar refractivity (Wildman–Crippen MR) is 88.1 cm³/mol. The average molecular weight is 355 g/mol. The van der Waals surface area contributed by atoms with Crippen LogP contribution in [0.25, 0.3) is 10.9 Å². The Balaban J connectivity index is 0.00000208. The lowest BCUT2D eigenvalue weighted by Gasteiger charge is -2.16. The number of para-hydroxylation sites is 1. The van der Waals surface area contributed by atoms with Crippen molar-refractivity contribution in [2.24, 2.45) is 5.73 Å². The van der Waals surface area contributed by atoms with Crippen molar-refractivity contribution >= 4 is 23.3 Å². The van der Waals surface area contributed by atoms with Gasteiger partial charge in [-0.2, -0.15) is 0 Å². The number of fused-ring (bicyclic) bond motifs is 1. The third-order valence-electron chi connectivity index (χ3n) is 3.49. The van der Waals surface area contributed by atoms with E-state index in [-0.39, 0.29) is 18.2 Å². The third-order valence-corrected chi connectivity index (χ3v) is 3.49. The van der Waals surface area contributed by atoms with Crippen LogP contribution in [0.5, 0.6) is 5.75 Å². The molecule has 2 aromatic carbocycles. The zero-order valence-corrected chi connectivity index (χ0v) is 13.1. The van der Waals surface area contributed by atoms with Crippen molar-refractivity contribution in [3.05, 3.63) is 71.9 Å². The average Bonchev–Trinajstić information content (AvgIpc) is 2.53. The van der Waals surface area contributed by atoms with Crippen LogP contribution in [0.3, 0.4) is 0 Å². The maximum absolute atomic E-state index is 12.2. The van der Waals surface area contributed by atoms with Gasteiger partial charge in [0, 0.05) is 11.6 Å². The second-order valence-corrected chi connectivity index (χ2v) is 5.01. The second-order valence-electron chi connectivity index (χ2n) is 5.01. The van der Waals surface area contributed by atoms with Gasteiger partial charge in [0.1, 0.15) is 5.75 Å². The van der Waals surface area contributed by atoms with Crippen LogP contribution < -0.4 is 10.5 Å². The van der Waals surface area contributed by atoms with Gasteiger partial charge in [-0.1, -0.05) is 30.3 Å². The lowest BCUT2D eigenvalue weighted by atomic mass is 9.96. The van der Waals surface area contributed by atoms with E-state index in [4.69, 9.17) is 5.73 Å². The Kier molecular flexibility index (Phi) is 5.31. The highest BCUT2D eigenvalue weighted by molar-refractivity contribution is 5.85. The van der Waals surface area contributed by atoms with Gasteiger partial charge in [-0.15, -0.1) is 25.6 Å². The van der Waals surface area contributed by atoms with E-state index in [0.717, 1.165) is 16.5 Å². The summed E-state index contributed by atoms with van der Waals surface area (Å²) in [4.78, 5) is 4.27. The Labute approximate surface area is 142 Å². The number of aromatic nitrogens is 1. The summed E-state index contributed by atoms with van der Waals surface area (Å²) in [6.45, 7) is 0. The standard InChI is InChI=1S/C17H13F3N2O.ClH/c18-17(19,20)23-12-7-5-11(6-8-12)16(21)14-9-10-22-15-4-2-1-3-13(14)15;/h1-10,16H,21H2;1H/t16-;/m0./s1. The smallest absolute Gasteiger partial charge is 0.406 e. The van der Waals surface area contributed by atoms with Gasteiger partial charge in [0.05, 0.1) is 11.6 Å². The molecule has 0 saturated heterocycles. The third kappa shape index (κ3) is 3.96. The summed E-state index contributed by atoms with van der Waals surface area (Å²) in [5.74, 6) is -0.270. The SMILES string of the molecule is Cl.N[C@@H](c1ccc(OC(F)(F)F)cc1)c1ccnc2ccccc12. The van der Waals surface area contributed by atoms with Gasteiger partial charge in [-0.25, -0.2) is 0 Å². The van der Waals surface area contributed by atoms with Gasteiger partial charge in [0.2, 0.25) is 0 Å². The van der Waals surface area contributed by atoms with Gasteiger partial charge in [0.25, 0.3) is 0 Å². The van der Waals surface area contributed by atoms with E-state index in [1.54, 1.807) is 6.20 Å². The molecule has 0 fully saturated rings. The lowest BCUT2D eigenvalue weighted by molar-refractivity contribution is -0.274. The first-order valence-electron chi connectivity index (χ1n) is 6.89. The predicted octanol–water partition coefficient (Wildman–Crippen LogP) is 4.60. The number of nitrogens with two attached hydrogens (primary N) is 1. The van der Waals surface area contributed by atoms with Crippen molar-refractivity contribution in [2.45, 2.75) is 12.4 Å². The highest BCUT2D eigenvalue weighted by atomic mass is 35.5. The van der Waals surface area contributed by atoms with Crippen molar-refractivity contribution in [1.29, 1.82) is 0 Å². The van der Waals surface area contributed by atoms with Crippen LogP contribution in [0.2, 0.25) is 0 Å². The molecule has 2 N–H and O–H groups in total. The number of nitrogens with zero attached hydrogens (tertiary/aromatic N) is 1. The molecule has 0 unspecified atom stereocenters. The van der Waals surface area contributed by atoms with Gasteiger partial charge in [-0.3, -0.25) is 4.98 Å². The van der Waals surface area contributed by atoms with Crippen molar-refractivity contribution in [2.75, 3.05) is 0 Å². The molecule has 24 heavy (non-hydrogen) atoms. The lowest BCUT2D eigenvalue weighted by Crippen LogP contribution is -2.17. The fourth-order valence-electron chi connectivity index (χ4n) is 2.45. The molecule has 0 amide bonds. The number of rotatable bonds is 3. The van der Waals surface area contributed by atoms with Crippen LogP contribution in [-0.4, -0.2) is 11.3 Å². The van der Waals surface area contributed by atoms with Crippen LogP contribution in [0.4, 0.5) is 13.2 Å². The van der Waals surface area contributed by atoms with E-state index >= 15 is 0 Å². The van der Waals surface area contributed by atoms with Gasteiger partial charge < -0.3 is 10.5 Å². The number of benzene rings is 2. The van der Waals surface area contributed by atoms with E-state index in [9.17, 15) is 13.2 Å². The van der Waals surface area contributed by atoms with Gasteiger partial charge in [-0.05, 0) is 35.4 Å². The van der Waals surface area contributed by atoms with Crippen molar-refractivity contribution < 1.29 is 17.9 Å². The molecule has 7 heteroatoms. The quantitative estimate of drug-likeness (QED) is 0.747. The number of ether oxygens (including phenoxy) is 1. The molecule has 0 saturated carbocycles. The zero-order valence-electron chi connectivity index (χ0n) is 12.3. The van der Waals surface area contributed by atoms with Crippen LogP contribution in [-0.2, 0) is 0 Å². The number of hydrogen-bond donors (Lipinski definition) is 1. The topological polar surface area (TPSA) is 48.1 Å². The number of alkyl halides is 3. The Bertz CT molecular complexity index is 817. The number of pyridine rings is 1. The molecular weight excluding hydrogens is 341 g/mol. The molecule has 126 valence electrons. The summed E-state index contributed by atoms with van der Waals surface area (Å²) in [5, 5.41) is 0.915. The Morgan fingerprint density at radius 1 is 0.958 bits per heavy atom. The summed E-state index contributed by atoms with van der Waals surface area (Å²) < 4.78 is 40.4. The number of halogens is 4. The van der Waals surface area contributed by atoms with E-state index in [2.05, 4.69) is 9.72 Å². The molecule has 0 radical (unpaired) electrons. The largest absolute Gasteiger partial charge is 0.573 e. The van der Waals surface area contributed by atoms with Crippen molar-refractivity contribution in [3.8, 4) is 5.75 Å². The first-order chi connectivity index (χ1) is 10.9.